The smallest absolute Gasteiger partial charge is 0.426 e. The van der Waals surface area contributed by atoms with Crippen LogP contribution < -0.4 is 10.3 Å². The Hall–Kier alpha value is -1.59. The molecule has 0 aliphatic heterocycles. The van der Waals surface area contributed by atoms with Crippen LogP contribution in [0.25, 0.3) is 0 Å². The van der Waals surface area contributed by atoms with E-state index in [2.05, 4.69) is 9.79 Å². The maximum atomic E-state index is 10.5. The number of nitrogens with zero attached hydrogens (tertiary/aromatic N) is 1. The third kappa shape index (κ3) is 2.57. The number of rotatable bonds is 4. The van der Waals surface area contributed by atoms with Crippen LogP contribution in [0.4, 0.5) is 0 Å². The molecule has 0 aromatic carbocycles. The van der Waals surface area contributed by atoms with E-state index in [0.717, 1.165) is 0 Å². The number of carbonyl (C=O) groups is 1. The topological polar surface area (TPSA) is 87.2 Å². The van der Waals surface area contributed by atoms with Crippen LogP contribution in [0.5, 0.6) is 0 Å². The molecule has 0 aliphatic carbocycles. The van der Waals surface area contributed by atoms with Crippen LogP contribution >= 0.6 is 0 Å². The number of H-pyrrole nitrogens is 1. The predicted molar refractivity (Wildman–Crippen MR) is 36.4 cm³/mol. The molecule has 0 atom stereocenters. The first kappa shape index (κ1) is 8.51. The van der Waals surface area contributed by atoms with E-state index in [-0.39, 0.29) is 6.42 Å². The second-order valence-corrected chi connectivity index (χ2v) is 2.33. The van der Waals surface area contributed by atoms with Gasteiger partial charge in [-0.1, -0.05) is 4.68 Å². The molecule has 1 aromatic heterocycles. The highest BCUT2D eigenvalue weighted by molar-refractivity contribution is 5.66. The van der Waals surface area contributed by atoms with Gasteiger partial charge in [0.2, 0.25) is 0 Å². The highest BCUT2D eigenvalue weighted by atomic mass is 16.5. The van der Waals surface area contributed by atoms with Gasteiger partial charge in [0.05, 0.1) is 6.42 Å². The first-order chi connectivity index (χ1) is 5.68. The molecule has 6 heteroatoms. The molecule has 6 nitrogen and oxygen atoms in total. The van der Waals surface area contributed by atoms with Crippen LogP contribution in [-0.2, 0) is 11.3 Å². The summed E-state index contributed by atoms with van der Waals surface area (Å²) >= 11 is 0. The Morgan fingerprint density at radius 3 is 3.00 bits per heavy atom. The number of aromatic nitrogens is 2. The lowest BCUT2D eigenvalue weighted by molar-refractivity contribution is -0.762. The minimum absolute atomic E-state index is 0.0835. The molecule has 66 valence electrons. The van der Waals surface area contributed by atoms with E-state index < -0.39 is 11.6 Å². The van der Waals surface area contributed by atoms with E-state index >= 15 is 0 Å². The number of aryl methyl sites for hydroxylation is 1. The van der Waals surface area contributed by atoms with Gasteiger partial charge in [0, 0.05) is 6.42 Å². The third-order valence-corrected chi connectivity index (χ3v) is 1.31. The van der Waals surface area contributed by atoms with Crippen LogP contribution in [0.1, 0.15) is 12.8 Å². The molecule has 0 aliphatic rings. The van der Waals surface area contributed by atoms with Crippen LogP contribution in [0, 0.1) is 0 Å². The summed E-state index contributed by atoms with van der Waals surface area (Å²) in [5.41, 5.74) is -0.467. The van der Waals surface area contributed by atoms with Gasteiger partial charge in [-0.25, -0.2) is 4.79 Å². The monoisotopic (exact) mass is 173 g/mol. The maximum Gasteiger partial charge on any atom is 0.426 e. The zero-order valence-corrected chi connectivity index (χ0v) is 6.32. The van der Waals surface area contributed by atoms with Gasteiger partial charge in [-0.2, -0.15) is 0 Å². The van der Waals surface area contributed by atoms with Crippen molar-refractivity contribution in [1.29, 1.82) is 0 Å². The zero-order chi connectivity index (χ0) is 8.97. The molecule has 0 amide bonds. The van der Waals surface area contributed by atoms with Crippen LogP contribution in [0.3, 0.4) is 0 Å². The Bertz CT molecular complexity index is 313. The third-order valence-electron chi connectivity index (χ3n) is 1.31. The summed E-state index contributed by atoms with van der Waals surface area (Å²) in [5, 5.41) is 10.6. The van der Waals surface area contributed by atoms with Gasteiger partial charge in [-0.3, -0.25) is 9.32 Å². The van der Waals surface area contributed by atoms with Gasteiger partial charge in [0.25, 0.3) is 6.20 Å². The maximum absolute atomic E-state index is 10.5. The van der Waals surface area contributed by atoms with Crippen LogP contribution in [0.15, 0.2) is 15.5 Å². The lowest BCUT2D eigenvalue weighted by atomic mass is 10.3. The van der Waals surface area contributed by atoms with Crippen molar-refractivity contribution in [2.24, 2.45) is 0 Å². The van der Waals surface area contributed by atoms with Crippen LogP contribution in [-0.4, -0.2) is 16.3 Å². The number of carboxylic acid groups (broad SMARTS) is 1. The lowest BCUT2D eigenvalue weighted by Gasteiger charge is -1.87. The van der Waals surface area contributed by atoms with E-state index in [0.29, 0.717) is 13.0 Å². The molecular formula is C6H9N2O4+. The average molecular weight is 173 g/mol. The molecule has 0 saturated carbocycles. The summed E-state index contributed by atoms with van der Waals surface area (Å²) in [6.07, 6.45) is 1.79. The SMILES string of the molecule is O=C(O)CCC[n+]1cc(=O)o[nH]1. The Balaban J connectivity index is 2.33. The Kier molecular flexibility index (Phi) is 2.62. The Morgan fingerprint density at radius 1 is 1.75 bits per heavy atom. The standard InChI is InChI=1S/C6H8N2O4/c9-5(10)2-1-3-8-4-6(11)12-7-8/h4H,1-3H2,(H-,7,9,10,11)/p+1. The number of aliphatic carboxylic acids is 1. The summed E-state index contributed by atoms with van der Waals surface area (Å²) < 4.78 is 5.77. The van der Waals surface area contributed by atoms with Gasteiger partial charge >= 0.3 is 11.6 Å². The lowest BCUT2D eigenvalue weighted by Crippen LogP contribution is -2.35. The summed E-state index contributed by atoms with van der Waals surface area (Å²) in [6.45, 7) is 0.443. The molecule has 1 rings (SSSR count). The van der Waals surface area contributed by atoms with Gasteiger partial charge < -0.3 is 5.11 Å². The summed E-state index contributed by atoms with van der Waals surface area (Å²) in [5.74, 6) is -0.846. The first-order valence-electron chi connectivity index (χ1n) is 3.48. The fraction of sp³-hybridized carbons (Fsp3) is 0.500. The molecule has 12 heavy (non-hydrogen) atoms. The van der Waals surface area contributed by atoms with Crippen molar-refractivity contribution in [2.45, 2.75) is 19.4 Å². The zero-order valence-electron chi connectivity index (χ0n) is 6.32. The molecule has 0 saturated heterocycles. The largest absolute Gasteiger partial charge is 0.481 e. The number of hydrogen-bond acceptors (Lipinski definition) is 3. The normalized spacial score (nSPS) is 10.0. The molecule has 0 spiro atoms. The highest BCUT2D eigenvalue weighted by Gasteiger charge is 2.06. The minimum atomic E-state index is -0.846. The summed E-state index contributed by atoms with van der Waals surface area (Å²) in [7, 11) is 0. The van der Waals surface area contributed by atoms with E-state index in [1.54, 1.807) is 0 Å². The number of hydrogen-bond donors (Lipinski definition) is 2. The molecule has 1 heterocycles. The van der Waals surface area contributed by atoms with Gasteiger partial charge in [0.15, 0.2) is 6.54 Å². The molecule has 0 radical (unpaired) electrons. The van der Waals surface area contributed by atoms with E-state index in [9.17, 15) is 9.59 Å². The minimum Gasteiger partial charge on any atom is -0.481 e. The van der Waals surface area contributed by atoms with Gasteiger partial charge in [0.1, 0.15) is 0 Å². The quantitative estimate of drug-likeness (QED) is 0.579. The van der Waals surface area contributed by atoms with Crippen molar-refractivity contribution in [3.05, 3.63) is 16.6 Å². The molecule has 0 fully saturated rings. The van der Waals surface area contributed by atoms with E-state index in [1.165, 1.54) is 10.9 Å². The first-order valence-corrected chi connectivity index (χ1v) is 3.48. The van der Waals surface area contributed by atoms with Gasteiger partial charge in [-0.05, 0) is 5.27 Å². The van der Waals surface area contributed by atoms with E-state index in [4.69, 9.17) is 5.11 Å². The second kappa shape index (κ2) is 3.70. The molecule has 0 bridgehead atoms. The molecule has 2 N–H and O–H groups in total. The van der Waals surface area contributed by atoms with Crippen LogP contribution in [0.2, 0.25) is 0 Å². The van der Waals surface area contributed by atoms with E-state index in [1.807, 2.05) is 0 Å². The van der Waals surface area contributed by atoms with Crippen molar-refractivity contribution < 1.29 is 19.1 Å². The number of nitrogens with one attached hydrogen (secondary N) is 1. The van der Waals surface area contributed by atoms with Crippen molar-refractivity contribution in [3.63, 3.8) is 0 Å². The molecule has 0 unspecified atom stereocenters. The average Bonchev–Trinajstić information content (AvgIpc) is 2.35. The van der Waals surface area contributed by atoms with Crippen molar-refractivity contribution in [2.75, 3.05) is 0 Å². The number of aromatic amines is 1. The highest BCUT2D eigenvalue weighted by Crippen LogP contribution is 1.86. The van der Waals surface area contributed by atoms with Gasteiger partial charge in [-0.15, -0.1) is 0 Å². The number of carboxylic acids is 1. The van der Waals surface area contributed by atoms with Crippen molar-refractivity contribution in [1.82, 2.24) is 5.27 Å². The summed E-state index contributed by atoms with van der Waals surface area (Å²) in [6, 6.07) is 0. The molecule has 1 aromatic rings. The Morgan fingerprint density at radius 2 is 2.50 bits per heavy atom. The molecular weight excluding hydrogens is 164 g/mol. The predicted octanol–water partition coefficient (Wildman–Crippen LogP) is -0.880. The fourth-order valence-corrected chi connectivity index (χ4v) is 0.794. The van der Waals surface area contributed by atoms with Crippen molar-refractivity contribution in [3.8, 4) is 0 Å². The van der Waals surface area contributed by atoms with Crippen molar-refractivity contribution >= 4 is 5.97 Å². The second-order valence-electron chi connectivity index (χ2n) is 2.33. The summed E-state index contributed by atoms with van der Waals surface area (Å²) in [4.78, 5) is 20.5. The Labute approximate surface area is 67.4 Å². The fourth-order valence-electron chi connectivity index (χ4n) is 0.794.